The molecule has 3 aromatic heterocycles. The van der Waals surface area contributed by atoms with Gasteiger partial charge in [0.2, 0.25) is 0 Å². The maximum Gasteiger partial charge on any atom is 0.434 e. The molecule has 9 heteroatoms. The van der Waals surface area contributed by atoms with Crippen molar-refractivity contribution in [2.24, 2.45) is 0 Å². The topological polar surface area (TPSA) is 52.2 Å². The third-order valence-electron chi connectivity index (χ3n) is 3.11. The Kier molecular flexibility index (Phi) is 3.01. The van der Waals surface area contributed by atoms with Crippen LogP contribution in [0.15, 0.2) is 30.7 Å². The van der Waals surface area contributed by atoms with Gasteiger partial charge in [-0.25, -0.2) is 14.1 Å². The van der Waals surface area contributed by atoms with Crippen LogP contribution in [0.3, 0.4) is 0 Å². The minimum atomic E-state index is -4.79. The van der Waals surface area contributed by atoms with E-state index in [9.17, 15) is 22.4 Å². The third-order valence-corrected chi connectivity index (χ3v) is 3.11. The molecule has 0 saturated carbocycles. The zero-order valence-electron chi connectivity index (χ0n) is 11.1. The molecule has 5 nitrogen and oxygen atoms in total. The highest BCUT2D eigenvalue weighted by Gasteiger charge is 2.40. The number of Topliss-reactive ketones (excluding diaryl/α,β-unsaturated/α-hetero) is 1. The van der Waals surface area contributed by atoms with Crippen molar-refractivity contribution >= 4 is 11.4 Å². The highest BCUT2D eigenvalue weighted by molar-refractivity contribution is 5.95. The van der Waals surface area contributed by atoms with Gasteiger partial charge in [-0.3, -0.25) is 9.20 Å². The van der Waals surface area contributed by atoms with Crippen LogP contribution in [0.25, 0.3) is 11.5 Å². The molecule has 0 atom stereocenters. The summed E-state index contributed by atoms with van der Waals surface area (Å²) >= 11 is 0. The molecule has 0 aliphatic rings. The first kappa shape index (κ1) is 14.2. The number of halogens is 4. The van der Waals surface area contributed by atoms with Gasteiger partial charge in [0, 0.05) is 12.4 Å². The molecule has 0 fully saturated rings. The number of nitrogens with zero attached hydrogens (tertiary/aromatic N) is 4. The fourth-order valence-corrected chi connectivity index (χ4v) is 2.19. The number of hydrogen-bond acceptors (Lipinski definition) is 3. The summed E-state index contributed by atoms with van der Waals surface area (Å²) in [5, 5.41) is 3.64. The molecule has 114 valence electrons. The van der Waals surface area contributed by atoms with Crippen molar-refractivity contribution in [3.05, 3.63) is 47.8 Å². The van der Waals surface area contributed by atoms with Crippen LogP contribution >= 0.6 is 0 Å². The van der Waals surface area contributed by atoms with Crippen LogP contribution in [0.5, 0.6) is 0 Å². The van der Waals surface area contributed by atoms with Gasteiger partial charge in [-0.15, -0.1) is 0 Å². The van der Waals surface area contributed by atoms with E-state index in [1.54, 1.807) is 0 Å². The Morgan fingerprint density at radius 1 is 1.27 bits per heavy atom. The summed E-state index contributed by atoms with van der Waals surface area (Å²) in [7, 11) is 0. The average molecular weight is 312 g/mol. The second-order valence-electron chi connectivity index (χ2n) is 4.53. The molecule has 3 aromatic rings. The van der Waals surface area contributed by atoms with Crippen LogP contribution in [-0.2, 0) is 6.18 Å². The first-order valence-electron chi connectivity index (χ1n) is 6.09. The first-order valence-corrected chi connectivity index (χ1v) is 6.09. The Morgan fingerprint density at radius 3 is 2.64 bits per heavy atom. The summed E-state index contributed by atoms with van der Waals surface area (Å²) in [5.41, 5.74) is -1.89. The monoisotopic (exact) mass is 312 g/mol. The molecule has 3 rings (SSSR count). The maximum atomic E-state index is 13.6. The van der Waals surface area contributed by atoms with E-state index in [1.807, 2.05) is 0 Å². The highest BCUT2D eigenvalue weighted by atomic mass is 19.4. The van der Waals surface area contributed by atoms with Crippen LogP contribution < -0.4 is 0 Å². The molecule has 0 amide bonds. The number of aromatic nitrogens is 4. The number of ketones is 1. The molecule has 22 heavy (non-hydrogen) atoms. The van der Waals surface area contributed by atoms with Gasteiger partial charge < -0.3 is 0 Å². The van der Waals surface area contributed by atoms with E-state index in [0.29, 0.717) is 4.68 Å². The summed E-state index contributed by atoms with van der Waals surface area (Å²) in [6.07, 6.45) is -1.39. The predicted molar refractivity (Wildman–Crippen MR) is 67.3 cm³/mol. The van der Waals surface area contributed by atoms with Gasteiger partial charge >= 0.3 is 6.18 Å². The first-order chi connectivity index (χ1) is 10.3. The van der Waals surface area contributed by atoms with Gasteiger partial charge in [0.25, 0.3) is 0 Å². The number of rotatable bonds is 2. The van der Waals surface area contributed by atoms with E-state index in [0.717, 1.165) is 29.7 Å². The van der Waals surface area contributed by atoms with Crippen LogP contribution in [0.2, 0.25) is 0 Å². The number of imidazole rings is 1. The standard InChI is InChI=1S/C13H8F4N4O/c1-7(22)8-6-19-21(11(8)13(15,16)17)10-3-2-9(14)12-18-4-5-20(10)12/h2-6H,1H3. The number of alkyl halides is 3. The van der Waals surface area contributed by atoms with E-state index in [2.05, 4.69) is 10.1 Å². The minimum Gasteiger partial charge on any atom is -0.294 e. The van der Waals surface area contributed by atoms with Crippen molar-refractivity contribution in [1.29, 1.82) is 0 Å². The van der Waals surface area contributed by atoms with Crippen molar-refractivity contribution < 1.29 is 22.4 Å². The molecular formula is C13H8F4N4O. The molecule has 3 heterocycles. The summed E-state index contributed by atoms with van der Waals surface area (Å²) in [6, 6.07) is 2.13. The summed E-state index contributed by atoms with van der Waals surface area (Å²) in [5.74, 6) is -1.52. The number of fused-ring (bicyclic) bond motifs is 1. The van der Waals surface area contributed by atoms with Gasteiger partial charge in [-0.05, 0) is 19.1 Å². The van der Waals surface area contributed by atoms with Crippen molar-refractivity contribution in [1.82, 2.24) is 19.2 Å². The lowest BCUT2D eigenvalue weighted by Crippen LogP contribution is -2.18. The normalized spacial score (nSPS) is 12.0. The van der Waals surface area contributed by atoms with Crippen molar-refractivity contribution in [3.8, 4) is 5.82 Å². The molecule has 0 bridgehead atoms. The van der Waals surface area contributed by atoms with E-state index < -0.39 is 29.0 Å². The SMILES string of the molecule is CC(=O)c1cnn(-c2ccc(F)c3nccn23)c1C(F)(F)F. The lowest BCUT2D eigenvalue weighted by Gasteiger charge is -2.13. The van der Waals surface area contributed by atoms with Gasteiger partial charge in [-0.2, -0.15) is 18.3 Å². The van der Waals surface area contributed by atoms with E-state index in [4.69, 9.17) is 0 Å². The number of carbonyl (C=O) groups excluding carboxylic acids is 1. The molecule has 0 unspecified atom stereocenters. The highest BCUT2D eigenvalue weighted by Crippen LogP contribution is 2.34. The molecule has 0 aliphatic heterocycles. The Morgan fingerprint density at radius 2 is 2.00 bits per heavy atom. The Hall–Kier alpha value is -2.71. The molecule has 0 aromatic carbocycles. The molecule has 0 spiro atoms. The Bertz CT molecular complexity index is 878. The van der Waals surface area contributed by atoms with E-state index in [1.165, 1.54) is 12.4 Å². The third kappa shape index (κ3) is 2.05. The Labute approximate surface area is 120 Å². The van der Waals surface area contributed by atoms with Crippen LogP contribution in [-0.4, -0.2) is 24.9 Å². The molecular weight excluding hydrogens is 304 g/mol. The molecule has 0 saturated heterocycles. The lowest BCUT2D eigenvalue weighted by atomic mass is 10.2. The number of pyridine rings is 1. The molecule has 0 N–H and O–H groups in total. The number of carbonyl (C=O) groups is 1. The number of hydrogen-bond donors (Lipinski definition) is 0. The van der Waals surface area contributed by atoms with Crippen molar-refractivity contribution in [2.45, 2.75) is 13.1 Å². The summed E-state index contributed by atoms with van der Waals surface area (Å²) in [6.45, 7) is 1.02. The summed E-state index contributed by atoms with van der Waals surface area (Å²) in [4.78, 5) is 15.1. The lowest BCUT2D eigenvalue weighted by molar-refractivity contribution is -0.143. The van der Waals surface area contributed by atoms with Crippen molar-refractivity contribution in [3.63, 3.8) is 0 Å². The van der Waals surface area contributed by atoms with Gasteiger partial charge in [0.05, 0.1) is 11.8 Å². The van der Waals surface area contributed by atoms with Crippen LogP contribution in [0.1, 0.15) is 23.0 Å². The smallest absolute Gasteiger partial charge is 0.294 e. The van der Waals surface area contributed by atoms with Crippen LogP contribution in [0, 0.1) is 5.82 Å². The molecule has 0 radical (unpaired) electrons. The van der Waals surface area contributed by atoms with Crippen LogP contribution in [0.4, 0.5) is 17.6 Å². The average Bonchev–Trinajstić information content (AvgIpc) is 3.05. The zero-order chi connectivity index (χ0) is 16.1. The second kappa shape index (κ2) is 4.65. The quantitative estimate of drug-likeness (QED) is 0.540. The Balaban J connectivity index is 2.35. The van der Waals surface area contributed by atoms with Gasteiger partial charge in [-0.1, -0.05) is 0 Å². The largest absolute Gasteiger partial charge is 0.434 e. The van der Waals surface area contributed by atoms with Crippen molar-refractivity contribution in [2.75, 3.05) is 0 Å². The van der Waals surface area contributed by atoms with Gasteiger partial charge in [0.1, 0.15) is 5.82 Å². The van der Waals surface area contributed by atoms with E-state index in [-0.39, 0.29) is 11.5 Å². The fraction of sp³-hybridized carbons (Fsp3) is 0.154. The molecule has 0 aliphatic carbocycles. The second-order valence-corrected chi connectivity index (χ2v) is 4.53. The van der Waals surface area contributed by atoms with Gasteiger partial charge in [0.15, 0.2) is 22.9 Å². The summed E-state index contributed by atoms with van der Waals surface area (Å²) < 4.78 is 55.1. The maximum absolute atomic E-state index is 13.6. The predicted octanol–water partition coefficient (Wildman–Crippen LogP) is 2.88. The zero-order valence-corrected chi connectivity index (χ0v) is 11.1. The fourth-order valence-electron chi connectivity index (χ4n) is 2.19. The van der Waals surface area contributed by atoms with E-state index >= 15 is 0 Å². The minimum absolute atomic E-state index is 0.0753.